The first-order valence-electron chi connectivity index (χ1n) is 7.29. The molecule has 0 heterocycles. The van der Waals surface area contributed by atoms with E-state index in [9.17, 15) is 0 Å². The zero-order valence-corrected chi connectivity index (χ0v) is 13.4. The Balaban J connectivity index is 2.92. The fraction of sp³-hybridized carbons (Fsp3) is 0.556. The van der Waals surface area contributed by atoms with Crippen LogP contribution in [0.3, 0.4) is 0 Å². The molecule has 0 radical (unpaired) electrons. The maximum Gasteiger partial charge on any atom is 0.0361 e. The summed E-state index contributed by atoms with van der Waals surface area (Å²) < 4.78 is 0. The predicted molar refractivity (Wildman–Crippen MR) is 86.2 cm³/mol. The van der Waals surface area contributed by atoms with Crippen LogP contribution in [0.1, 0.15) is 51.2 Å². The van der Waals surface area contributed by atoms with Crippen molar-refractivity contribution in [1.29, 1.82) is 0 Å². The van der Waals surface area contributed by atoms with Gasteiger partial charge in [0.25, 0.3) is 0 Å². The maximum atomic E-state index is 4.11. The molecule has 0 N–H and O–H groups in total. The van der Waals surface area contributed by atoms with Gasteiger partial charge in [0.1, 0.15) is 0 Å². The van der Waals surface area contributed by atoms with Gasteiger partial charge in [-0.25, -0.2) is 0 Å². The lowest BCUT2D eigenvalue weighted by Gasteiger charge is -2.24. The van der Waals surface area contributed by atoms with Crippen molar-refractivity contribution in [3.63, 3.8) is 0 Å². The van der Waals surface area contributed by atoms with Gasteiger partial charge in [-0.15, -0.1) is 0 Å². The van der Waals surface area contributed by atoms with Crippen LogP contribution in [0.2, 0.25) is 0 Å². The van der Waals surface area contributed by atoms with Crippen LogP contribution >= 0.6 is 0 Å². The highest BCUT2D eigenvalue weighted by atomic mass is 15.1. The van der Waals surface area contributed by atoms with Gasteiger partial charge in [0.2, 0.25) is 0 Å². The smallest absolute Gasteiger partial charge is 0.0361 e. The van der Waals surface area contributed by atoms with Crippen molar-refractivity contribution in [2.24, 2.45) is 11.8 Å². The summed E-state index contributed by atoms with van der Waals surface area (Å²) in [5, 5.41) is 0. The van der Waals surface area contributed by atoms with E-state index in [1.165, 1.54) is 17.5 Å². The Labute approximate surface area is 119 Å². The molecule has 1 heteroatoms. The fourth-order valence-corrected chi connectivity index (χ4v) is 2.48. The molecule has 1 aromatic carbocycles. The molecule has 0 aliphatic rings. The molecule has 1 rings (SSSR count). The molecule has 1 nitrogen and oxygen atoms in total. The van der Waals surface area contributed by atoms with E-state index in [-0.39, 0.29) is 0 Å². The van der Waals surface area contributed by atoms with Crippen LogP contribution in [0.25, 0.3) is 5.70 Å². The number of nitrogens with zero attached hydrogens (tertiary/aromatic N) is 1. The molecule has 0 saturated heterocycles. The second-order valence-electron chi connectivity index (χ2n) is 6.44. The largest absolute Gasteiger partial charge is 0.378 e. The maximum absolute atomic E-state index is 4.11. The Morgan fingerprint density at radius 3 is 1.95 bits per heavy atom. The predicted octanol–water partition coefficient (Wildman–Crippen LogP) is 5.00. The quantitative estimate of drug-likeness (QED) is 0.694. The minimum atomic E-state index is 0.654. The Morgan fingerprint density at radius 1 is 1.05 bits per heavy atom. The summed E-state index contributed by atoms with van der Waals surface area (Å²) >= 11 is 0. The molecular formula is C18H29N. The van der Waals surface area contributed by atoms with Gasteiger partial charge in [-0.2, -0.15) is 0 Å². The van der Waals surface area contributed by atoms with E-state index in [4.69, 9.17) is 0 Å². The van der Waals surface area contributed by atoms with Crippen LogP contribution in [0.4, 0.5) is 0 Å². The molecule has 0 bridgehead atoms. The first-order valence-corrected chi connectivity index (χ1v) is 7.29. The summed E-state index contributed by atoms with van der Waals surface area (Å²) in [5.41, 5.74) is 3.73. The van der Waals surface area contributed by atoms with Crippen LogP contribution in [0, 0.1) is 11.8 Å². The van der Waals surface area contributed by atoms with Crippen molar-refractivity contribution in [2.75, 3.05) is 14.1 Å². The van der Waals surface area contributed by atoms with Crippen molar-refractivity contribution < 1.29 is 0 Å². The standard InChI is InChI=1S/C18H29N/c1-13(2)12-18(14(3)4)17-10-8-16(9-11-17)15(5)19(6)7/h8-11,13-14,18H,5,12H2,1-4,6-7H3. The highest BCUT2D eigenvalue weighted by Crippen LogP contribution is 2.31. The first-order chi connectivity index (χ1) is 8.82. The molecule has 1 atom stereocenters. The summed E-state index contributed by atoms with van der Waals surface area (Å²) in [4.78, 5) is 2.06. The minimum Gasteiger partial charge on any atom is -0.378 e. The molecule has 0 saturated carbocycles. The highest BCUT2D eigenvalue weighted by molar-refractivity contribution is 5.61. The number of hydrogen-bond donors (Lipinski definition) is 0. The lowest BCUT2D eigenvalue weighted by molar-refractivity contribution is 0.408. The zero-order chi connectivity index (χ0) is 14.6. The molecule has 0 amide bonds. The number of benzene rings is 1. The van der Waals surface area contributed by atoms with Gasteiger partial charge in [0.15, 0.2) is 0 Å². The van der Waals surface area contributed by atoms with E-state index >= 15 is 0 Å². The summed E-state index contributed by atoms with van der Waals surface area (Å²) in [6, 6.07) is 8.95. The normalized spacial score (nSPS) is 12.8. The van der Waals surface area contributed by atoms with Crippen LogP contribution < -0.4 is 0 Å². The van der Waals surface area contributed by atoms with Crippen LogP contribution in [-0.2, 0) is 0 Å². The van der Waals surface area contributed by atoms with Gasteiger partial charge in [-0.3, -0.25) is 0 Å². The van der Waals surface area contributed by atoms with Gasteiger partial charge < -0.3 is 4.90 Å². The van der Waals surface area contributed by atoms with Gasteiger partial charge in [0.05, 0.1) is 0 Å². The molecule has 0 aromatic heterocycles. The number of rotatable bonds is 6. The SMILES string of the molecule is C=C(c1ccc(C(CC(C)C)C(C)C)cc1)N(C)C. The van der Waals surface area contributed by atoms with Gasteiger partial charge in [0, 0.05) is 19.8 Å². The molecule has 19 heavy (non-hydrogen) atoms. The van der Waals surface area contributed by atoms with Gasteiger partial charge in [-0.05, 0) is 35.3 Å². The molecule has 0 spiro atoms. The molecule has 1 aromatic rings. The van der Waals surface area contributed by atoms with E-state index in [2.05, 4.69) is 63.4 Å². The molecule has 0 aliphatic heterocycles. The monoisotopic (exact) mass is 259 g/mol. The molecule has 106 valence electrons. The van der Waals surface area contributed by atoms with Crippen molar-refractivity contribution >= 4 is 5.70 Å². The van der Waals surface area contributed by atoms with E-state index in [0.717, 1.165) is 11.6 Å². The third-order valence-corrected chi connectivity index (χ3v) is 3.74. The lowest BCUT2D eigenvalue weighted by Crippen LogP contribution is -2.11. The second kappa shape index (κ2) is 6.79. The third-order valence-electron chi connectivity index (χ3n) is 3.74. The van der Waals surface area contributed by atoms with Crippen LogP contribution in [0.15, 0.2) is 30.8 Å². The summed E-state index contributed by atoms with van der Waals surface area (Å²) in [6.07, 6.45) is 1.26. The van der Waals surface area contributed by atoms with Crippen LogP contribution in [0.5, 0.6) is 0 Å². The van der Waals surface area contributed by atoms with Gasteiger partial charge >= 0.3 is 0 Å². The topological polar surface area (TPSA) is 3.24 Å². The van der Waals surface area contributed by atoms with Gasteiger partial charge in [-0.1, -0.05) is 58.5 Å². The van der Waals surface area contributed by atoms with Crippen LogP contribution in [-0.4, -0.2) is 19.0 Å². The summed E-state index contributed by atoms with van der Waals surface area (Å²) in [6.45, 7) is 13.4. The molecule has 0 fully saturated rings. The van der Waals surface area contributed by atoms with Crippen molar-refractivity contribution in [2.45, 2.75) is 40.0 Å². The average Bonchev–Trinajstić information content (AvgIpc) is 2.34. The first kappa shape index (κ1) is 15.8. The fourth-order valence-electron chi connectivity index (χ4n) is 2.48. The molecule has 0 aliphatic carbocycles. The van der Waals surface area contributed by atoms with E-state index in [0.29, 0.717) is 11.8 Å². The Hall–Kier alpha value is -1.24. The van der Waals surface area contributed by atoms with E-state index < -0.39 is 0 Å². The minimum absolute atomic E-state index is 0.654. The zero-order valence-electron chi connectivity index (χ0n) is 13.4. The summed E-state index contributed by atoms with van der Waals surface area (Å²) in [7, 11) is 4.07. The summed E-state index contributed by atoms with van der Waals surface area (Å²) in [5.74, 6) is 2.08. The lowest BCUT2D eigenvalue weighted by atomic mass is 9.82. The van der Waals surface area contributed by atoms with E-state index in [1.807, 2.05) is 14.1 Å². The molecular weight excluding hydrogens is 230 g/mol. The van der Waals surface area contributed by atoms with Crippen molar-refractivity contribution in [3.05, 3.63) is 42.0 Å². The van der Waals surface area contributed by atoms with Crippen molar-refractivity contribution in [3.8, 4) is 0 Å². The third kappa shape index (κ3) is 4.41. The average molecular weight is 259 g/mol. The Kier molecular flexibility index (Phi) is 5.65. The highest BCUT2D eigenvalue weighted by Gasteiger charge is 2.17. The Bertz CT molecular complexity index is 398. The number of hydrogen-bond acceptors (Lipinski definition) is 1. The Morgan fingerprint density at radius 2 is 1.58 bits per heavy atom. The molecule has 1 unspecified atom stereocenters. The second-order valence-corrected chi connectivity index (χ2v) is 6.44. The van der Waals surface area contributed by atoms with E-state index in [1.54, 1.807) is 0 Å². The van der Waals surface area contributed by atoms with Crippen molar-refractivity contribution in [1.82, 2.24) is 4.90 Å².